The molecule has 0 amide bonds. The molecule has 3 unspecified atom stereocenters. The van der Waals surface area contributed by atoms with Gasteiger partial charge in [0, 0.05) is 12.5 Å². The van der Waals surface area contributed by atoms with Crippen LogP contribution >= 0.6 is 0 Å². The monoisotopic (exact) mass is 329 g/mol. The van der Waals surface area contributed by atoms with Crippen molar-refractivity contribution in [3.05, 3.63) is 30.1 Å². The Morgan fingerprint density at radius 3 is 2.82 bits per heavy atom. The van der Waals surface area contributed by atoms with Crippen molar-refractivity contribution in [1.29, 1.82) is 0 Å². The van der Waals surface area contributed by atoms with Gasteiger partial charge in [-0.3, -0.25) is 0 Å². The molecule has 2 aliphatic rings. The van der Waals surface area contributed by atoms with Gasteiger partial charge in [0.1, 0.15) is 5.82 Å². The van der Waals surface area contributed by atoms with Crippen LogP contribution in [0.3, 0.4) is 0 Å². The number of morpholine rings is 1. The number of rotatable bonds is 3. The maximum absolute atomic E-state index is 13.4. The number of hydrogen-bond acceptors (Lipinski definition) is 4. The van der Waals surface area contributed by atoms with Crippen molar-refractivity contribution < 1.29 is 22.7 Å². The third kappa shape index (κ3) is 2.90. The Morgan fingerprint density at radius 2 is 2.14 bits per heavy atom. The van der Waals surface area contributed by atoms with Crippen LogP contribution in [-0.2, 0) is 14.8 Å². The predicted octanol–water partition coefficient (Wildman–Crippen LogP) is 1.38. The third-order valence-corrected chi connectivity index (χ3v) is 6.46. The van der Waals surface area contributed by atoms with Crippen LogP contribution < -0.4 is 0 Å². The molecule has 1 aliphatic carbocycles. The summed E-state index contributed by atoms with van der Waals surface area (Å²) in [7, 11) is -3.79. The predicted molar refractivity (Wildman–Crippen MR) is 78.2 cm³/mol. The number of nitrogens with zero attached hydrogens (tertiary/aromatic N) is 1. The van der Waals surface area contributed by atoms with Gasteiger partial charge in [-0.05, 0) is 31.0 Å². The van der Waals surface area contributed by atoms with Crippen molar-refractivity contribution in [3.8, 4) is 0 Å². The van der Waals surface area contributed by atoms with Gasteiger partial charge in [0.2, 0.25) is 10.0 Å². The van der Waals surface area contributed by atoms with Gasteiger partial charge >= 0.3 is 0 Å². The fourth-order valence-electron chi connectivity index (χ4n) is 3.42. The second-order valence-corrected chi connectivity index (χ2v) is 7.77. The molecule has 1 aromatic carbocycles. The summed E-state index contributed by atoms with van der Waals surface area (Å²) in [6, 6.07) is 4.65. The van der Waals surface area contributed by atoms with Gasteiger partial charge in [0.25, 0.3) is 0 Å². The molecule has 1 saturated heterocycles. The van der Waals surface area contributed by atoms with Crippen LogP contribution in [0.5, 0.6) is 0 Å². The lowest BCUT2D eigenvalue weighted by Crippen LogP contribution is -2.53. The summed E-state index contributed by atoms with van der Waals surface area (Å²) in [5.74, 6) is -0.699. The molecule has 1 aromatic rings. The largest absolute Gasteiger partial charge is 0.393 e. The second kappa shape index (κ2) is 6.23. The third-order valence-electron chi connectivity index (χ3n) is 4.54. The molecule has 1 heterocycles. The van der Waals surface area contributed by atoms with Gasteiger partial charge in [0.15, 0.2) is 0 Å². The molecule has 0 bridgehead atoms. The maximum Gasteiger partial charge on any atom is 0.243 e. The zero-order valence-corrected chi connectivity index (χ0v) is 13.0. The summed E-state index contributed by atoms with van der Waals surface area (Å²) >= 11 is 0. The molecule has 1 aliphatic heterocycles. The summed E-state index contributed by atoms with van der Waals surface area (Å²) in [6.07, 6.45) is 1.85. The summed E-state index contributed by atoms with van der Waals surface area (Å²) in [4.78, 5) is -0.0492. The van der Waals surface area contributed by atoms with E-state index >= 15 is 0 Å². The average molecular weight is 329 g/mol. The molecular formula is C15H20FNO4S. The molecule has 3 rings (SSSR count). The second-order valence-electron chi connectivity index (χ2n) is 5.88. The van der Waals surface area contributed by atoms with Gasteiger partial charge in [0.05, 0.1) is 30.3 Å². The Labute approximate surface area is 129 Å². The first-order chi connectivity index (χ1) is 10.5. The van der Waals surface area contributed by atoms with Crippen LogP contribution in [0.25, 0.3) is 0 Å². The lowest BCUT2D eigenvalue weighted by atomic mass is 9.96. The van der Waals surface area contributed by atoms with E-state index in [1.165, 1.54) is 22.5 Å². The van der Waals surface area contributed by atoms with Crippen molar-refractivity contribution in [2.75, 3.05) is 19.8 Å². The fourth-order valence-corrected chi connectivity index (χ4v) is 5.10. The van der Waals surface area contributed by atoms with E-state index in [4.69, 9.17) is 4.74 Å². The van der Waals surface area contributed by atoms with Gasteiger partial charge in [-0.15, -0.1) is 0 Å². The van der Waals surface area contributed by atoms with E-state index in [-0.39, 0.29) is 30.0 Å². The molecule has 7 heteroatoms. The Bertz CT molecular complexity index is 636. The van der Waals surface area contributed by atoms with Gasteiger partial charge < -0.3 is 9.84 Å². The Hall–Kier alpha value is -1.02. The van der Waals surface area contributed by atoms with Crippen molar-refractivity contribution in [2.45, 2.75) is 36.3 Å². The summed E-state index contributed by atoms with van der Waals surface area (Å²) in [6.45, 7) is 0.816. The zero-order valence-electron chi connectivity index (χ0n) is 12.2. The first-order valence-electron chi connectivity index (χ1n) is 7.53. The van der Waals surface area contributed by atoms with Crippen molar-refractivity contribution in [1.82, 2.24) is 4.31 Å². The van der Waals surface area contributed by atoms with Crippen LogP contribution in [0, 0.1) is 11.7 Å². The van der Waals surface area contributed by atoms with Crippen molar-refractivity contribution >= 4 is 10.0 Å². The van der Waals surface area contributed by atoms with Crippen LogP contribution in [0.1, 0.15) is 19.3 Å². The van der Waals surface area contributed by atoms with Crippen LogP contribution in [0.4, 0.5) is 4.39 Å². The van der Waals surface area contributed by atoms with E-state index in [0.717, 1.165) is 18.9 Å². The van der Waals surface area contributed by atoms with E-state index in [9.17, 15) is 17.9 Å². The fraction of sp³-hybridized carbons (Fsp3) is 0.600. The highest BCUT2D eigenvalue weighted by atomic mass is 32.2. The molecule has 3 atom stereocenters. The lowest BCUT2D eigenvalue weighted by molar-refractivity contribution is -0.0148. The van der Waals surface area contributed by atoms with Crippen molar-refractivity contribution in [2.24, 2.45) is 5.92 Å². The Balaban J connectivity index is 1.92. The highest BCUT2D eigenvalue weighted by molar-refractivity contribution is 7.89. The number of halogens is 1. The molecule has 5 nitrogen and oxygen atoms in total. The minimum atomic E-state index is -3.79. The molecule has 2 fully saturated rings. The Kier molecular flexibility index (Phi) is 4.49. The molecule has 0 radical (unpaired) electrons. The smallest absolute Gasteiger partial charge is 0.243 e. The van der Waals surface area contributed by atoms with Crippen LogP contribution in [-0.4, -0.2) is 49.7 Å². The number of ether oxygens (including phenoxy) is 1. The maximum atomic E-state index is 13.4. The van der Waals surface area contributed by atoms with Crippen LogP contribution in [0.15, 0.2) is 29.2 Å². The van der Waals surface area contributed by atoms with Gasteiger partial charge in [-0.25, -0.2) is 12.8 Å². The zero-order chi connectivity index (χ0) is 15.7. The first-order valence-corrected chi connectivity index (χ1v) is 8.97. The van der Waals surface area contributed by atoms with E-state index in [2.05, 4.69) is 0 Å². The van der Waals surface area contributed by atoms with E-state index in [0.29, 0.717) is 13.0 Å². The summed E-state index contributed by atoms with van der Waals surface area (Å²) in [5.41, 5.74) is 0. The number of hydrogen-bond donors (Lipinski definition) is 1. The van der Waals surface area contributed by atoms with E-state index < -0.39 is 21.9 Å². The Morgan fingerprint density at radius 1 is 1.32 bits per heavy atom. The molecule has 1 N–H and O–H groups in total. The summed E-state index contributed by atoms with van der Waals surface area (Å²) in [5, 5.41) is 10.1. The highest BCUT2D eigenvalue weighted by Crippen LogP contribution is 2.34. The van der Waals surface area contributed by atoms with Crippen LogP contribution in [0.2, 0.25) is 0 Å². The van der Waals surface area contributed by atoms with Gasteiger partial charge in [-0.1, -0.05) is 12.5 Å². The molecule has 122 valence electrons. The normalized spacial score (nSPS) is 30.5. The average Bonchev–Trinajstić information content (AvgIpc) is 2.93. The number of benzene rings is 1. The number of aliphatic hydroxyl groups is 1. The van der Waals surface area contributed by atoms with E-state index in [1.54, 1.807) is 0 Å². The lowest BCUT2D eigenvalue weighted by Gasteiger charge is -2.39. The highest BCUT2D eigenvalue weighted by Gasteiger charge is 2.42. The minimum Gasteiger partial charge on any atom is -0.393 e. The topological polar surface area (TPSA) is 66.8 Å². The standard InChI is InChI=1S/C15H20FNO4S/c16-11-3-1-4-12(9-11)22(19,20)17-7-8-21-10-14(17)13-5-2-6-15(13)18/h1,3-4,9,13-15,18H,2,5-8,10H2. The molecule has 0 aromatic heterocycles. The molecule has 0 spiro atoms. The SMILES string of the molecule is O=S(=O)(c1cccc(F)c1)N1CCOCC1C1CCCC1O. The quantitative estimate of drug-likeness (QED) is 0.910. The molecule has 22 heavy (non-hydrogen) atoms. The summed E-state index contributed by atoms with van der Waals surface area (Å²) < 4.78 is 45.9. The number of aliphatic hydroxyl groups excluding tert-OH is 1. The van der Waals surface area contributed by atoms with E-state index in [1.807, 2.05) is 0 Å². The minimum absolute atomic E-state index is 0.0492. The van der Waals surface area contributed by atoms with Crippen molar-refractivity contribution in [3.63, 3.8) is 0 Å². The van der Waals surface area contributed by atoms with Gasteiger partial charge in [-0.2, -0.15) is 4.31 Å². The number of sulfonamides is 1. The molecular weight excluding hydrogens is 309 g/mol. The first kappa shape index (κ1) is 15.9. The molecule has 1 saturated carbocycles.